The average Bonchev–Trinajstić information content (AvgIpc) is 3.56. The normalized spacial score (nSPS) is 25.0. The number of para-hydroxylation sites is 1. The molecule has 15 nitrogen and oxygen atoms in total. The summed E-state index contributed by atoms with van der Waals surface area (Å²) in [7, 11) is -5.07. The first-order valence-electron chi connectivity index (χ1n) is 14.2. The number of hydrogen-bond donors (Lipinski definition) is 3. The molecule has 3 aromatic heterocycles. The van der Waals surface area contributed by atoms with Crippen molar-refractivity contribution in [2.45, 2.75) is 57.0 Å². The van der Waals surface area contributed by atoms with Gasteiger partial charge in [0.05, 0.1) is 41.7 Å². The standard InChI is InChI=1S/C29H28N5O10P/c1-2-29(44-45(39,40)42-14-22-21(35)11-24(43-22)33-8-7-23(30)32-28(33)38)18-10-20-25-16(9-15-5-3-4-6-19(15)31-25)12-34(20)26(36)17(18)13-41-27(29)37/h3-10,21-22,24,35H,2,11-14H2,1H3,(H,39,40)(H2,30,32,38)/t21-,22+,24+,29-/m0/s1. The van der Waals surface area contributed by atoms with E-state index in [9.17, 15) is 28.9 Å². The van der Waals surface area contributed by atoms with Crippen LogP contribution in [0.15, 0.2) is 58.3 Å². The molecular formula is C29H28N5O10P. The van der Waals surface area contributed by atoms with Gasteiger partial charge in [0.2, 0.25) is 5.60 Å². The van der Waals surface area contributed by atoms with Gasteiger partial charge in [-0.2, -0.15) is 4.98 Å². The number of nitrogens with zero attached hydrogens (tertiary/aromatic N) is 4. The second-order valence-electron chi connectivity index (χ2n) is 11.1. The second kappa shape index (κ2) is 10.7. The van der Waals surface area contributed by atoms with Gasteiger partial charge in [0.25, 0.3) is 5.56 Å². The molecule has 4 aromatic rings. The van der Waals surface area contributed by atoms with Crippen molar-refractivity contribution in [3.05, 3.63) is 86.2 Å². The molecule has 4 N–H and O–H groups in total. The van der Waals surface area contributed by atoms with Crippen molar-refractivity contribution < 1.29 is 37.9 Å². The molecule has 0 amide bonds. The highest BCUT2D eigenvalue weighted by molar-refractivity contribution is 7.47. The number of phosphoric acid groups is 1. The van der Waals surface area contributed by atoms with Gasteiger partial charge in [0.15, 0.2) is 0 Å². The van der Waals surface area contributed by atoms with Crippen molar-refractivity contribution in [2.24, 2.45) is 0 Å². The van der Waals surface area contributed by atoms with Crippen molar-refractivity contribution in [1.82, 2.24) is 19.1 Å². The summed E-state index contributed by atoms with van der Waals surface area (Å²) >= 11 is 0. The fourth-order valence-electron chi connectivity index (χ4n) is 6.14. The molecule has 0 spiro atoms. The van der Waals surface area contributed by atoms with Crippen LogP contribution in [0.1, 0.15) is 42.7 Å². The maximum absolute atomic E-state index is 13.7. The van der Waals surface area contributed by atoms with Crippen LogP contribution in [0.25, 0.3) is 22.3 Å². The van der Waals surface area contributed by atoms with Crippen molar-refractivity contribution in [3.8, 4) is 11.4 Å². The third-order valence-electron chi connectivity index (χ3n) is 8.42. The van der Waals surface area contributed by atoms with Crippen LogP contribution in [0.3, 0.4) is 0 Å². The van der Waals surface area contributed by atoms with E-state index in [0.717, 1.165) is 21.0 Å². The predicted molar refractivity (Wildman–Crippen MR) is 157 cm³/mol. The van der Waals surface area contributed by atoms with Gasteiger partial charge in [0.1, 0.15) is 24.8 Å². The number of esters is 1. The van der Waals surface area contributed by atoms with Crippen LogP contribution in [0.2, 0.25) is 0 Å². The number of carbonyl (C=O) groups is 1. The van der Waals surface area contributed by atoms with Gasteiger partial charge in [-0.3, -0.25) is 18.4 Å². The van der Waals surface area contributed by atoms with Crippen molar-refractivity contribution in [2.75, 3.05) is 12.3 Å². The van der Waals surface area contributed by atoms with Gasteiger partial charge >= 0.3 is 19.5 Å². The Labute approximate surface area is 254 Å². The molecule has 6 heterocycles. The monoisotopic (exact) mass is 637 g/mol. The molecule has 45 heavy (non-hydrogen) atoms. The zero-order valence-electron chi connectivity index (χ0n) is 23.9. The molecule has 3 aliphatic rings. The molecule has 0 bridgehead atoms. The molecule has 1 unspecified atom stereocenters. The molecule has 1 saturated heterocycles. The zero-order chi connectivity index (χ0) is 31.7. The van der Waals surface area contributed by atoms with E-state index < -0.39 is 55.7 Å². The SMILES string of the molecule is CC[C@@]1(OP(=O)(O)OC[C@H]2O[C@@H](n3ccc(N)nc3=O)C[C@@H]2O)C(=O)OCc2c1cc1n(c2=O)Cc2cc3ccccc3nc2-1. The largest absolute Gasteiger partial charge is 0.473 e. The Morgan fingerprint density at radius 1 is 1.18 bits per heavy atom. The van der Waals surface area contributed by atoms with Gasteiger partial charge < -0.3 is 29.8 Å². The lowest BCUT2D eigenvalue weighted by Gasteiger charge is -2.36. The molecule has 3 aliphatic heterocycles. The Morgan fingerprint density at radius 3 is 2.76 bits per heavy atom. The van der Waals surface area contributed by atoms with Crippen LogP contribution in [-0.4, -0.2) is 53.9 Å². The summed E-state index contributed by atoms with van der Waals surface area (Å²) in [5.74, 6) is -0.945. The number of nitrogens with two attached hydrogens (primary N) is 1. The van der Waals surface area contributed by atoms with Crippen LogP contribution in [0.5, 0.6) is 0 Å². The topological polar surface area (TPSA) is 207 Å². The number of fused-ring (bicyclic) bond motifs is 5. The first-order chi connectivity index (χ1) is 21.5. The maximum atomic E-state index is 13.7. The predicted octanol–water partition coefficient (Wildman–Crippen LogP) is 1.71. The average molecular weight is 638 g/mol. The maximum Gasteiger partial charge on any atom is 0.473 e. The summed E-state index contributed by atoms with van der Waals surface area (Å²) in [6.07, 6.45) is -2.08. The third-order valence-corrected chi connectivity index (χ3v) is 9.44. The van der Waals surface area contributed by atoms with E-state index in [1.54, 1.807) is 13.0 Å². The third kappa shape index (κ3) is 4.88. The Hall–Kier alpha value is -4.24. The number of aromatic nitrogens is 4. The molecule has 1 aromatic carbocycles. The lowest BCUT2D eigenvalue weighted by molar-refractivity contribution is -0.171. The molecular weight excluding hydrogens is 609 g/mol. The number of cyclic esters (lactones) is 1. The van der Waals surface area contributed by atoms with Gasteiger partial charge in [-0.05, 0) is 30.7 Å². The number of rotatable bonds is 7. The van der Waals surface area contributed by atoms with Gasteiger partial charge in [-0.1, -0.05) is 25.1 Å². The number of hydrogen-bond acceptors (Lipinski definition) is 12. The smallest absolute Gasteiger partial charge is 0.458 e. The Bertz CT molecular complexity index is 2050. The van der Waals surface area contributed by atoms with E-state index in [4.69, 9.17) is 29.2 Å². The highest BCUT2D eigenvalue weighted by Crippen LogP contribution is 2.54. The van der Waals surface area contributed by atoms with Gasteiger partial charge in [-0.25, -0.2) is 19.1 Å². The van der Waals surface area contributed by atoms with Crippen LogP contribution >= 0.6 is 7.82 Å². The van der Waals surface area contributed by atoms with Crippen molar-refractivity contribution in [3.63, 3.8) is 0 Å². The second-order valence-corrected chi connectivity index (χ2v) is 12.5. The number of aliphatic hydroxyl groups excluding tert-OH is 1. The van der Waals surface area contributed by atoms with E-state index in [-0.39, 0.29) is 42.9 Å². The lowest BCUT2D eigenvalue weighted by Crippen LogP contribution is -2.46. The van der Waals surface area contributed by atoms with E-state index in [0.29, 0.717) is 11.4 Å². The summed E-state index contributed by atoms with van der Waals surface area (Å²) in [4.78, 5) is 58.5. The van der Waals surface area contributed by atoms with Crippen LogP contribution in [0, 0.1) is 0 Å². The molecule has 0 aliphatic carbocycles. The summed E-state index contributed by atoms with van der Waals surface area (Å²) in [6, 6.07) is 12.4. The number of aliphatic hydroxyl groups is 1. The minimum absolute atomic E-state index is 0.0160. The van der Waals surface area contributed by atoms with Gasteiger partial charge in [-0.15, -0.1) is 0 Å². The molecule has 16 heteroatoms. The summed E-state index contributed by atoms with van der Waals surface area (Å²) in [6.45, 7) is 0.840. The van der Waals surface area contributed by atoms with Crippen LogP contribution in [0.4, 0.5) is 5.82 Å². The number of pyridine rings is 2. The van der Waals surface area contributed by atoms with E-state index in [1.165, 1.54) is 16.8 Å². The zero-order valence-corrected chi connectivity index (χ0v) is 24.8. The fraction of sp³-hybridized carbons (Fsp3) is 0.345. The minimum Gasteiger partial charge on any atom is -0.458 e. The van der Waals surface area contributed by atoms with E-state index in [2.05, 4.69) is 4.98 Å². The fourth-order valence-corrected chi connectivity index (χ4v) is 7.22. The number of carbonyl (C=O) groups excluding carboxylic acids is 1. The summed E-state index contributed by atoms with van der Waals surface area (Å²) in [5.41, 5.74) is 4.95. The quantitative estimate of drug-likeness (QED) is 0.172. The lowest BCUT2D eigenvalue weighted by atomic mass is 9.86. The van der Waals surface area contributed by atoms with E-state index >= 15 is 0 Å². The Morgan fingerprint density at radius 2 is 1.98 bits per heavy atom. The molecule has 7 rings (SSSR count). The molecule has 234 valence electrons. The first-order valence-corrected chi connectivity index (χ1v) is 15.7. The minimum atomic E-state index is -5.07. The Balaban J connectivity index is 1.17. The van der Waals surface area contributed by atoms with Crippen molar-refractivity contribution in [1.29, 1.82) is 0 Å². The van der Waals surface area contributed by atoms with Crippen LogP contribution in [-0.2, 0) is 46.6 Å². The molecule has 0 radical (unpaired) electrons. The molecule has 5 atom stereocenters. The highest BCUT2D eigenvalue weighted by Gasteiger charge is 2.53. The molecule has 1 fully saturated rings. The number of nitrogen functional groups attached to an aromatic ring is 1. The number of benzene rings is 1. The van der Waals surface area contributed by atoms with Gasteiger partial charge in [0, 0.05) is 29.1 Å². The van der Waals surface area contributed by atoms with E-state index in [1.807, 2.05) is 30.3 Å². The van der Waals surface area contributed by atoms with Crippen molar-refractivity contribution >= 4 is 30.5 Å². The summed E-state index contributed by atoms with van der Waals surface area (Å²) < 4.78 is 37.9. The number of anilines is 1. The molecule has 0 saturated carbocycles. The first kappa shape index (κ1) is 29.5. The Kier molecular flexibility index (Phi) is 7.00. The summed E-state index contributed by atoms with van der Waals surface area (Å²) in [5, 5.41) is 11.4. The highest BCUT2D eigenvalue weighted by atomic mass is 31.2. The number of ether oxygens (including phenoxy) is 2. The van der Waals surface area contributed by atoms with Crippen LogP contribution < -0.4 is 17.0 Å². The number of phosphoric ester groups is 1.